The summed E-state index contributed by atoms with van der Waals surface area (Å²) in [4.78, 5) is 11.4. The first-order valence-corrected chi connectivity index (χ1v) is 7.83. The van der Waals surface area contributed by atoms with E-state index < -0.39 is 5.79 Å². The Morgan fingerprint density at radius 1 is 1.36 bits per heavy atom. The topological polar surface area (TPSA) is 44.8 Å². The Morgan fingerprint density at radius 2 is 2.00 bits per heavy atom. The van der Waals surface area contributed by atoms with Crippen LogP contribution in [0.2, 0.25) is 0 Å². The van der Waals surface area contributed by atoms with Crippen molar-refractivity contribution in [3.8, 4) is 0 Å². The second-order valence-electron chi connectivity index (χ2n) is 5.81. The number of esters is 1. The molecule has 0 aromatic carbocycles. The van der Waals surface area contributed by atoms with Crippen LogP contribution in [0.15, 0.2) is 36.0 Å². The largest absolute Gasteiger partial charge is 0.463 e. The molecule has 1 saturated heterocycles. The molecule has 1 unspecified atom stereocenters. The maximum Gasteiger partial charge on any atom is 0.330 e. The van der Waals surface area contributed by atoms with Crippen LogP contribution in [0.25, 0.3) is 0 Å². The number of carbonyl (C=O) groups is 1. The van der Waals surface area contributed by atoms with Crippen LogP contribution in [-0.4, -0.2) is 31.6 Å². The van der Waals surface area contributed by atoms with Crippen molar-refractivity contribution in [1.29, 1.82) is 0 Å². The Balaban J connectivity index is 2.76. The molecule has 0 radical (unpaired) electrons. The lowest BCUT2D eigenvalue weighted by molar-refractivity contribution is -0.170. The summed E-state index contributed by atoms with van der Waals surface area (Å²) in [6.07, 6.45) is 7.29. The zero-order chi connectivity index (χ0) is 16.6. The van der Waals surface area contributed by atoms with E-state index in [1.54, 1.807) is 6.92 Å². The van der Waals surface area contributed by atoms with Crippen molar-refractivity contribution in [2.45, 2.75) is 46.3 Å². The fourth-order valence-electron chi connectivity index (χ4n) is 2.37. The molecule has 1 atom stereocenters. The summed E-state index contributed by atoms with van der Waals surface area (Å²) in [6, 6.07) is 0. The summed E-state index contributed by atoms with van der Waals surface area (Å²) in [6.45, 7) is 13.2. The zero-order valence-electron chi connectivity index (χ0n) is 14.2. The van der Waals surface area contributed by atoms with Gasteiger partial charge in [0.2, 0.25) is 0 Å². The molecular formula is C18H28O4. The van der Waals surface area contributed by atoms with Gasteiger partial charge < -0.3 is 14.2 Å². The summed E-state index contributed by atoms with van der Waals surface area (Å²) >= 11 is 0. The summed E-state index contributed by atoms with van der Waals surface area (Å²) in [5.74, 6) is -0.809. The highest BCUT2D eigenvalue weighted by atomic mass is 16.7. The van der Waals surface area contributed by atoms with Crippen LogP contribution < -0.4 is 0 Å². The fourth-order valence-corrected chi connectivity index (χ4v) is 2.37. The van der Waals surface area contributed by atoms with E-state index in [4.69, 9.17) is 14.2 Å². The molecule has 4 heteroatoms. The van der Waals surface area contributed by atoms with Crippen LogP contribution in [0.3, 0.4) is 0 Å². The SMILES string of the molecule is C=C(C)CCC(/C=C/C(C)=C/C(=O)OCC)C1(C)OCCO1. The molecule has 4 nitrogen and oxygen atoms in total. The summed E-state index contributed by atoms with van der Waals surface area (Å²) < 4.78 is 16.5. The highest BCUT2D eigenvalue weighted by molar-refractivity contribution is 5.83. The van der Waals surface area contributed by atoms with Gasteiger partial charge in [0.1, 0.15) is 0 Å². The van der Waals surface area contributed by atoms with Crippen molar-refractivity contribution in [2.24, 2.45) is 5.92 Å². The predicted octanol–water partition coefficient (Wildman–Crippen LogP) is 3.79. The molecule has 0 saturated carbocycles. The van der Waals surface area contributed by atoms with E-state index in [9.17, 15) is 4.79 Å². The molecule has 0 spiro atoms. The maximum atomic E-state index is 11.4. The zero-order valence-corrected chi connectivity index (χ0v) is 14.2. The van der Waals surface area contributed by atoms with Crippen LogP contribution in [0.4, 0.5) is 0 Å². The van der Waals surface area contributed by atoms with Crippen molar-refractivity contribution in [3.05, 3.63) is 36.0 Å². The summed E-state index contributed by atoms with van der Waals surface area (Å²) in [7, 11) is 0. The molecule has 1 rings (SSSR count). The lowest BCUT2D eigenvalue weighted by atomic mass is 9.92. The van der Waals surface area contributed by atoms with Gasteiger partial charge in [0.05, 0.1) is 19.8 Å². The van der Waals surface area contributed by atoms with Crippen LogP contribution in [0, 0.1) is 5.92 Å². The molecule has 0 bridgehead atoms. The van der Waals surface area contributed by atoms with Gasteiger partial charge in [-0.05, 0) is 46.1 Å². The molecular weight excluding hydrogens is 280 g/mol. The fraction of sp³-hybridized carbons (Fsp3) is 0.611. The van der Waals surface area contributed by atoms with E-state index in [1.165, 1.54) is 6.08 Å². The van der Waals surface area contributed by atoms with Gasteiger partial charge in [0, 0.05) is 12.0 Å². The highest BCUT2D eigenvalue weighted by Crippen LogP contribution is 2.33. The summed E-state index contributed by atoms with van der Waals surface area (Å²) in [5, 5.41) is 0. The molecule has 0 aliphatic carbocycles. The Kier molecular flexibility index (Phi) is 7.56. The van der Waals surface area contributed by atoms with Gasteiger partial charge in [0.25, 0.3) is 0 Å². The Bertz CT molecular complexity index is 442. The average molecular weight is 308 g/mol. The van der Waals surface area contributed by atoms with Crippen molar-refractivity contribution in [3.63, 3.8) is 0 Å². The van der Waals surface area contributed by atoms with E-state index in [1.807, 2.05) is 26.8 Å². The van der Waals surface area contributed by atoms with E-state index in [0.29, 0.717) is 19.8 Å². The molecule has 22 heavy (non-hydrogen) atoms. The highest BCUT2D eigenvalue weighted by Gasteiger charge is 2.37. The van der Waals surface area contributed by atoms with Crippen LogP contribution >= 0.6 is 0 Å². The number of ether oxygens (including phenoxy) is 3. The minimum atomic E-state index is -0.601. The molecule has 0 aromatic rings. The first kappa shape index (κ1) is 18.7. The molecule has 1 heterocycles. The third-order valence-corrected chi connectivity index (χ3v) is 3.64. The van der Waals surface area contributed by atoms with Gasteiger partial charge >= 0.3 is 5.97 Å². The standard InChI is InChI=1S/C18H28O4/c1-6-20-17(19)13-15(4)8-10-16(9-7-14(2)3)18(5)21-11-12-22-18/h8,10,13,16H,2,6-7,9,11-12H2,1,3-5H3/b10-8+,15-13+. The second-order valence-corrected chi connectivity index (χ2v) is 5.81. The molecule has 0 aromatic heterocycles. The van der Waals surface area contributed by atoms with Gasteiger partial charge in [-0.15, -0.1) is 6.58 Å². The second kappa shape index (κ2) is 8.91. The van der Waals surface area contributed by atoms with Gasteiger partial charge in [0.15, 0.2) is 5.79 Å². The quantitative estimate of drug-likeness (QED) is 0.296. The molecule has 1 fully saturated rings. The number of carbonyl (C=O) groups excluding carboxylic acids is 1. The van der Waals surface area contributed by atoms with Gasteiger partial charge in [-0.1, -0.05) is 17.7 Å². The van der Waals surface area contributed by atoms with Crippen LogP contribution in [0.5, 0.6) is 0 Å². The first-order valence-electron chi connectivity index (χ1n) is 7.83. The van der Waals surface area contributed by atoms with E-state index in [2.05, 4.69) is 12.7 Å². The molecule has 0 amide bonds. The molecule has 0 N–H and O–H groups in total. The van der Waals surface area contributed by atoms with Crippen molar-refractivity contribution in [2.75, 3.05) is 19.8 Å². The lowest BCUT2D eigenvalue weighted by Gasteiger charge is -2.30. The molecule has 1 aliphatic heterocycles. The van der Waals surface area contributed by atoms with Gasteiger partial charge in [-0.25, -0.2) is 4.79 Å². The van der Waals surface area contributed by atoms with Crippen LogP contribution in [-0.2, 0) is 19.0 Å². The van der Waals surface area contributed by atoms with E-state index in [-0.39, 0.29) is 11.9 Å². The normalized spacial score (nSPS) is 19.4. The van der Waals surface area contributed by atoms with Crippen molar-refractivity contribution in [1.82, 2.24) is 0 Å². The smallest absolute Gasteiger partial charge is 0.330 e. The number of hydrogen-bond acceptors (Lipinski definition) is 4. The van der Waals surface area contributed by atoms with Gasteiger partial charge in [-0.2, -0.15) is 0 Å². The predicted molar refractivity (Wildman–Crippen MR) is 87.4 cm³/mol. The Labute approximate surface area is 133 Å². The number of hydrogen-bond donors (Lipinski definition) is 0. The van der Waals surface area contributed by atoms with Crippen molar-refractivity contribution >= 4 is 5.97 Å². The van der Waals surface area contributed by atoms with E-state index >= 15 is 0 Å². The third kappa shape index (κ3) is 6.16. The first-order chi connectivity index (χ1) is 10.4. The van der Waals surface area contributed by atoms with Crippen molar-refractivity contribution < 1.29 is 19.0 Å². The third-order valence-electron chi connectivity index (χ3n) is 3.64. The number of allylic oxidation sites excluding steroid dienone is 3. The van der Waals surface area contributed by atoms with E-state index in [0.717, 1.165) is 24.0 Å². The molecule has 124 valence electrons. The number of rotatable bonds is 8. The lowest BCUT2D eigenvalue weighted by Crippen LogP contribution is -2.34. The Morgan fingerprint density at radius 3 is 2.55 bits per heavy atom. The minimum absolute atomic E-state index is 0.109. The molecule has 1 aliphatic rings. The van der Waals surface area contributed by atoms with Gasteiger partial charge in [-0.3, -0.25) is 0 Å². The Hall–Kier alpha value is -1.39. The minimum Gasteiger partial charge on any atom is -0.463 e. The monoisotopic (exact) mass is 308 g/mol. The maximum absolute atomic E-state index is 11.4. The average Bonchev–Trinajstić information content (AvgIpc) is 2.86. The van der Waals surface area contributed by atoms with Crippen LogP contribution in [0.1, 0.15) is 40.5 Å². The summed E-state index contributed by atoms with van der Waals surface area (Å²) in [5.41, 5.74) is 1.99.